The van der Waals surface area contributed by atoms with Gasteiger partial charge >= 0.3 is 0 Å². The van der Waals surface area contributed by atoms with Gasteiger partial charge in [-0.25, -0.2) is 0 Å². The third-order valence-corrected chi connectivity index (χ3v) is 9.27. The quantitative estimate of drug-likeness (QED) is 0.553. The van der Waals surface area contributed by atoms with Gasteiger partial charge in [-0.2, -0.15) is 0 Å². The van der Waals surface area contributed by atoms with Crippen LogP contribution in [0, 0.1) is 32.1 Å². The van der Waals surface area contributed by atoms with Gasteiger partial charge in [0.05, 0.1) is 11.5 Å². The number of rotatable bonds is 6. The Balaban J connectivity index is 1.42. The second-order valence-corrected chi connectivity index (χ2v) is 11.7. The Morgan fingerprint density at radius 3 is 2.48 bits per heavy atom. The molecule has 164 valence electrons. The number of aromatic nitrogens is 2. The van der Waals surface area contributed by atoms with Crippen LogP contribution in [0.25, 0.3) is 20.5 Å². The Morgan fingerprint density at radius 2 is 1.81 bits per heavy atom. The molecular weight excluding hydrogens is 428 g/mol. The van der Waals surface area contributed by atoms with E-state index < -0.39 is 6.10 Å². The lowest BCUT2D eigenvalue weighted by Crippen LogP contribution is -2.21. The standard InChI is InChI=1S/C24H28N2O3S2/c1-11-6-14(7-12(2)20(11)29-10-15(28)9-27)22-25-26-23(31-22)21-16-8-17-19(24(17,4)5)18(16)13(3)30-21/h6-7,15,17,19,27-28H,8-10H2,1-5H3/t15?,17-,19-/m1/s1. The number of aliphatic hydroxyl groups is 2. The first-order chi connectivity index (χ1) is 14.7. The van der Waals surface area contributed by atoms with Crippen molar-refractivity contribution in [2.45, 2.75) is 53.1 Å². The lowest BCUT2D eigenvalue weighted by atomic mass is 9.95. The summed E-state index contributed by atoms with van der Waals surface area (Å²) in [6.45, 7) is 10.8. The van der Waals surface area contributed by atoms with Crippen molar-refractivity contribution in [2.75, 3.05) is 13.2 Å². The summed E-state index contributed by atoms with van der Waals surface area (Å²) in [5.41, 5.74) is 6.54. The van der Waals surface area contributed by atoms with Gasteiger partial charge in [-0.1, -0.05) is 25.2 Å². The molecule has 2 aliphatic carbocycles. The zero-order valence-electron chi connectivity index (χ0n) is 18.5. The van der Waals surface area contributed by atoms with E-state index in [9.17, 15) is 5.11 Å². The van der Waals surface area contributed by atoms with Gasteiger partial charge in [0.25, 0.3) is 0 Å². The monoisotopic (exact) mass is 456 g/mol. The average Bonchev–Trinajstić information content (AvgIpc) is 3.22. The van der Waals surface area contributed by atoms with E-state index in [0.717, 1.165) is 44.3 Å². The first-order valence-corrected chi connectivity index (χ1v) is 12.3. The molecule has 1 aromatic carbocycles. The minimum atomic E-state index is -0.878. The topological polar surface area (TPSA) is 75.5 Å². The van der Waals surface area contributed by atoms with Gasteiger partial charge in [-0.15, -0.1) is 21.5 Å². The highest BCUT2D eigenvalue weighted by atomic mass is 32.1. The molecule has 0 saturated heterocycles. The van der Waals surface area contributed by atoms with Gasteiger partial charge < -0.3 is 14.9 Å². The minimum absolute atomic E-state index is 0.0715. The van der Waals surface area contributed by atoms with Crippen molar-refractivity contribution in [3.05, 3.63) is 39.3 Å². The number of thiophene rings is 1. The van der Waals surface area contributed by atoms with Gasteiger partial charge in [0.15, 0.2) is 5.01 Å². The predicted octanol–water partition coefficient (Wildman–Crippen LogP) is 4.89. The second kappa shape index (κ2) is 7.37. The number of nitrogens with zero attached hydrogens (tertiary/aromatic N) is 2. The van der Waals surface area contributed by atoms with Gasteiger partial charge in [-0.05, 0) is 78.8 Å². The van der Waals surface area contributed by atoms with Crippen molar-refractivity contribution in [3.8, 4) is 26.2 Å². The maximum absolute atomic E-state index is 9.57. The molecule has 0 bridgehead atoms. The number of hydrogen-bond acceptors (Lipinski definition) is 7. The fourth-order valence-corrected chi connectivity index (χ4v) is 7.43. The van der Waals surface area contributed by atoms with Crippen molar-refractivity contribution in [2.24, 2.45) is 11.3 Å². The molecule has 31 heavy (non-hydrogen) atoms. The van der Waals surface area contributed by atoms with E-state index in [4.69, 9.17) is 9.84 Å². The van der Waals surface area contributed by atoms with Crippen LogP contribution in [0.3, 0.4) is 0 Å². The Morgan fingerprint density at radius 1 is 1.13 bits per heavy atom. The zero-order valence-corrected chi connectivity index (χ0v) is 20.2. The lowest BCUT2D eigenvalue weighted by molar-refractivity contribution is 0.0532. The molecule has 2 aliphatic rings. The van der Waals surface area contributed by atoms with Crippen LogP contribution in [-0.4, -0.2) is 39.7 Å². The summed E-state index contributed by atoms with van der Waals surface area (Å²) >= 11 is 3.53. The highest BCUT2D eigenvalue weighted by molar-refractivity contribution is 7.23. The summed E-state index contributed by atoms with van der Waals surface area (Å²) in [5.74, 6) is 2.26. The summed E-state index contributed by atoms with van der Waals surface area (Å²) in [6.07, 6.45) is 0.294. The van der Waals surface area contributed by atoms with Gasteiger partial charge in [0.1, 0.15) is 23.5 Å². The van der Waals surface area contributed by atoms with E-state index in [-0.39, 0.29) is 13.2 Å². The molecule has 0 radical (unpaired) electrons. The maximum Gasteiger partial charge on any atom is 0.158 e. The van der Waals surface area contributed by atoms with Crippen molar-refractivity contribution >= 4 is 22.7 Å². The van der Waals surface area contributed by atoms with E-state index in [1.165, 1.54) is 21.7 Å². The number of hydrogen-bond donors (Lipinski definition) is 2. The fourth-order valence-electron chi connectivity index (χ4n) is 5.27. The number of aliphatic hydroxyl groups excluding tert-OH is 2. The van der Waals surface area contributed by atoms with E-state index >= 15 is 0 Å². The first kappa shape index (κ1) is 21.1. The van der Waals surface area contributed by atoms with Crippen molar-refractivity contribution < 1.29 is 14.9 Å². The number of ether oxygens (including phenoxy) is 1. The molecule has 1 fully saturated rings. The van der Waals surface area contributed by atoms with Gasteiger partial charge in [0.2, 0.25) is 0 Å². The molecule has 2 N–H and O–H groups in total. The van der Waals surface area contributed by atoms with E-state index in [1.54, 1.807) is 16.9 Å². The molecule has 0 spiro atoms. The molecule has 3 aromatic rings. The summed E-state index contributed by atoms with van der Waals surface area (Å²) in [7, 11) is 0. The second-order valence-electron chi connectivity index (χ2n) is 9.49. The van der Waals surface area contributed by atoms with Crippen LogP contribution in [0.5, 0.6) is 5.75 Å². The smallest absolute Gasteiger partial charge is 0.158 e. The molecule has 7 heteroatoms. The molecule has 0 amide bonds. The Bertz CT molecular complexity index is 1140. The third kappa shape index (κ3) is 3.33. The first-order valence-electron chi connectivity index (χ1n) is 10.7. The summed E-state index contributed by atoms with van der Waals surface area (Å²) in [6, 6.07) is 4.11. The molecule has 2 heterocycles. The number of aryl methyl sites for hydroxylation is 3. The maximum atomic E-state index is 9.57. The van der Waals surface area contributed by atoms with Crippen LogP contribution < -0.4 is 4.74 Å². The normalized spacial score (nSPS) is 21.6. The van der Waals surface area contributed by atoms with E-state index in [2.05, 4.69) is 43.1 Å². The van der Waals surface area contributed by atoms with Gasteiger partial charge in [0, 0.05) is 10.4 Å². The molecular formula is C24H28N2O3S2. The Labute approximate surface area is 190 Å². The summed E-state index contributed by atoms with van der Waals surface area (Å²) < 4.78 is 5.73. The largest absolute Gasteiger partial charge is 0.490 e. The Kier molecular flexibility index (Phi) is 5.01. The molecule has 1 saturated carbocycles. The third-order valence-electron chi connectivity index (χ3n) is 6.98. The van der Waals surface area contributed by atoms with Gasteiger partial charge in [-0.3, -0.25) is 0 Å². The summed E-state index contributed by atoms with van der Waals surface area (Å²) in [4.78, 5) is 2.75. The van der Waals surface area contributed by atoms with Crippen molar-refractivity contribution in [3.63, 3.8) is 0 Å². The molecule has 1 unspecified atom stereocenters. The molecule has 2 aromatic heterocycles. The zero-order chi connectivity index (χ0) is 22.1. The fraction of sp³-hybridized carbons (Fsp3) is 0.500. The lowest BCUT2D eigenvalue weighted by Gasteiger charge is -2.15. The number of benzene rings is 1. The highest BCUT2D eigenvalue weighted by Crippen LogP contribution is 2.72. The molecule has 3 atom stereocenters. The molecule has 5 rings (SSSR count). The molecule has 5 nitrogen and oxygen atoms in total. The van der Waals surface area contributed by atoms with Crippen LogP contribution in [0.15, 0.2) is 12.1 Å². The Hall–Kier alpha value is -1.80. The van der Waals surface area contributed by atoms with Crippen molar-refractivity contribution in [1.82, 2.24) is 10.2 Å². The van der Waals surface area contributed by atoms with E-state index in [1.807, 2.05) is 25.2 Å². The van der Waals surface area contributed by atoms with Crippen LogP contribution in [0.4, 0.5) is 0 Å². The average molecular weight is 457 g/mol. The van der Waals surface area contributed by atoms with Crippen LogP contribution in [-0.2, 0) is 6.42 Å². The molecule has 0 aliphatic heterocycles. The van der Waals surface area contributed by atoms with Crippen LogP contribution in [0.2, 0.25) is 0 Å². The van der Waals surface area contributed by atoms with E-state index in [0.29, 0.717) is 5.41 Å². The predicted molar refractivity (Wildman–Crippen MR) is 125 cm³/mol. The summed E-state index contributed by atoms with van der Waals surface area (Å²) in [5, 5.41) is 29.6. The van der Waals surface area contributed by atoms with Crippen LogP contribution >= 0.6 is 22.7 Å². The van der Waals surface area contributed by atoms with Crippen LogP contribution in [0.1, 0.15) is 46.9 Å². The van der Waals surface area contributed by atoms with Crippen molar-refractivity contribution in [1.29, 1.82) is 0 Å². The SMILES string of the molecule is Cc1cc(-c2nnc(-c3sc(C)c4c3C[C@@H]3[C@H]4C3(C)C)s2)cc(C)c1OCC(O)CO. The highest BCUT2D eigenvalue weighted by Gasteiger charge is 2.63. The number of fused-ring (bicyclic) bond motifs is 3. The minimum Gasteiger partial charge on any atom is -0.490 e.